The van der Waals surface area contributed by atoms with Gasteiger partial charge in [-0.1, -0.05) is 6.07 Å². The van der Waals surface area contributed by atoms with Gasteiger partial charge in [0.1, 0.15) is 23.5 Å². The lowest BCUT2D eigenvalue weighted by Crippen LogP contribution is -2.45. The molecule has 0 bridgehead atoms. The van der Waals surface area contributed by atoms with Gasteiger partial charge in [-0.05, 0) is 63.6 Å². The maximum atomic E-state index is 13.0. The number of nitrogens with one attached hydrogen (secondary N) is 2. The van der Waals surface area contributed by atoms with Crippen LogP contribution in [0.1, 0.15) is 33.3 Å². The third kappa shape index (κ3) is 8.96. The van der Waals surface area contributed by atoms with Crippen molar-refractivity contribution in [3.63, 3.8) is 0 Å². The summed E-state index contributed by atoms with van der Waals surface area (Å²) < 4.78 is 24.6. The number of anilines is 1. The number of halogens is 2. The molecule has 1 aliphatic rings. The molecule has 0 amide bonds. The van der Waals surface area contributed by atoms with Gasteiger partial charge in [0.05, 0.1) is 25.3 Å². The maximum Gasteiger partial charge on any atom is 0.191 e. The average molecular weight is 571 g/mol. The predicted octanol–water partition coefficient (Wildman–Crippen LogP) is 3.97. The Kier molecular flexibility index (Phi) is 11.1. The highest BCUT2D eigenvalue weighted by atomic mass is 127. The average Bonchev–Trinajstić information content (AvgIpc) is 2.77. The minimum Gasteiger partial charge on any atom is -0.489 e. The van der Waals surface area contributed by atoms with E-state index in [9.17, 15) is 4.39 Å². The molecule has 0 saturated carbocycles. The van der Waals surface area contributed by atoms with Gasteiger partial charge in [-0.15, -0.1) is 24.0 Å². The number of hydrogen-bond donors (Lipinski definition) is 2. The smallest absolute Gasteiger partial charge is 0.191 e. The molecule has 2 N–H and O–H groups in total. The van der Waals surface area contributed by atoms with Gasteiger partial charge in [-0.2, -0.15) is 0 Å². The number of benzene rings is 1. The Morgan fingerprint density at radius 2 is 1.88 bits per heavy atom. The number of pyridine rings is 1. The molecular weight excluding hydrogens is 536 g/mol. The monoisotopic (exact) mass is 571 g/mol. The van der Waals surface area contributed by atoms with Crippen LogP contribution in [0.15, 0.2) is 47.6 Å². The van der Waals surface area contributed by atoms with Crippen LogP contribution >= 0.6 is 24.0 Å². The lowest BCUT2D eigenvalue weighted by Gasteiger charge is -2.36. The van der Waals surface area contributed by atoms with Gasteiger partial charge in [0, 0.05) is 25.8 Å². The Morgan fingerprint density at radius 1 is 1.18 bits per heavy atom. The molecule has 2 heterocycles. The van der Waals surface area contributed by atoms with E-state index < -0.39 is 0 Å². The molecule has 1 aliphatic heterocycles. The van der Waals surface area contributed by atoms with E-state index in [-0.39, 0.29) is 48.1 Å². The molecule has 0 radical (unpaired) electrons. The zero-order chi connectivity index (χ0) is 22.9. The van der Waals surface area contributed by atoms with Crippen LogP contribution in [0, 0.1) is 5.82 Å². The summed E-state index contributed by atoms with van der Waals surface area (Å²) in [6.45, 7) is 11.7. The first-order valence-corrected chi connectivity index (χ1v) is 11.2. The van der Waals surface area contributed by atoms with Crippen molar-refractivity contribution in [2.45, 2.75) is 52.6 Å². The van der Waals surface area contributed by atoms with Crippen LogP contribution in [0.25, 0.3) is 0 Å². The fourth-order valence-corrected chi connectivity index (χ4v) is 3.60. The van der Waals surface area contributed by atoms with Crippen molar-refractivity contribution in [1.82, 2.24) is 15.6 Å². The van der Waals surface area contributed by atoms with Gasteiger partial charge in [0.2, 0.25) is 0 Å². The highest BCUT2D eigenvalue weighted by Gasteiger charge is 2.22. The van der Waals surface area contributed by atoms with E-state index in [1.807, 2.05) is 20.0 Å². The molecule has 0 aliphatic carbocycles. The quantitative estimate of drug-likeness (QED) is 0.284. The Bertz CT molecular complexity index is 856. The second kappa shape index (κ2) is 13.5. The number of morpholine rings is 1. The molecule has 1 fully saturated rings. The highest BCUT2D eigenvalue weighted by molar-refractivity contribution is 14.0. The third-order valence-corrected chi connectivity index (χ3v) is 5.02. The summed E-state index contributed by atoms with van der Waals surface area (Å²) in [5.74, 6) is 2.04. The fraction of sp³-hybridized carbons (Fsp3) is 0.500. The number of ether oxygens (including phenoxy) is 2. The van der Waals surface area contributed by atoms with Gasteiger partial charge >= 0.3 is 0 Å². The van der Waals surface area contributed by atoms with Crippen molar-refractivity contribution < 1.29 is 13.9 Å². The van der Waals surface area contributed by atoms with E-state index in [4.69, 9.17) is 9.47 Å². The van der Waals surface area contributed by atoms with Crippen molar-refractivity contribution in [3.05, 3.63) is 54.0 Å². The largest absolute Gasteiger partial charge is 0.489 e. The number of rotatable bonds is 8. The normalized spacial score (nSPS) is 19.4. The van der Waals surface area contributed by atoms with E-state index in [1.165, 1.54) is 12.1 Å². The molecule has 1 saturated heterocycles. The van der Waals surface area contributed by atoms with E-state index in [0.29, 0.717) is 24.8 Å². The second-order valence-corrected chi connectivity index (χ2v) is 8.15. The second-order valence-electron chi connectivity index (χ2n) is 8.15. The van der Waals surface area contributed by atoms with Crippen LogP contribution < -0.4 is 20.3 Å². The van der Waals surface area contributed by atoms with Gasteiger partial charge < -0.3 is 25.0 Å². The van der Waals surface area contributed by atoms with Crippen LogP contribution in [0.4, 0.5) is 10.2 Å². The number of aliphatic imine (C=N–C) groups is 1. The van der Waals surface area contributed by atoms with Crippen molar-refractivity contribution in [3.8, 4) is 5.75 Å². The van der Waals surface area contributed by atoms with Crippen LogP contribution in [-0.2, 0) is 11.3 Å². The van der Waals surface area contributed by atoms with Crippen molar-refractivity contribution in [1.29, 1.82) is 0 Å². The Labute approximate surface area is 213 Å². The van der Waals surface area contributed by atoms with E-state index in [1.54, 1.807) is 12.1 Å². The first-order chi connectivity index (χ1) is 15.4. The minimum atomic E-state index is -0.277. The third-order valence-electron chi connectivity index (χ3n) is 5.02. The number of guanidine groups is 1. The highest BCUT2D eigenvalue weighted by Crippen LogP contribution is 2.18. The van der Waals surface area contributed by atoms with Crippen LogP contribution in [-0.4, -0.2) is 55.4 Å². The molecule has 3 atom stereocenters. The lowest BCUT2D eigenvalue weighted by atomic mass is 10.2. The van der Waals surface area contributed by atoms with E-state index in [0.717, 1.165) is 31.0 Å². The van der Waals surface area contributed by atoms with Gasteiger partial charge in [0.25, 0.3) is 0 Å². The molecule has 33 heavy (non-hydrogen) atoms. The molecular formula is C24H35FIN5O2. The Hall–Kier alpha value is -2.14. The summed E-state index contributed by atoms with van der Waals surface area (Å²) in [6, 6.07) is 10.1. The summed E-state index contributed by atoms with van der Waals surface area (Å²) >= 11 is 0. The first kappa shape index (κ1) is 27.1. The number of nitrogens with zero attached hydrogens (tertiary/aromatic N) is 3. The number of aromatic nitrogens is 1. The summed E-state index contributed by atoms with van der Waals surface area (Å²) in [5, 5.41) is 6.54. The summed E-state index contributed by atoms with van der Waals surface area (Å²) in [6.07, 6.45) is 2.18. The van der Waals surface area contributed by atoms with Crippen LogP contribution in [0.3, 0.4) is 0 Å². The lowest BCUT2D eigenvalue weighted by molar-refractivity contribution is -0.00546. The van der Waals surface area contributed by atoms with Crippen LogP contribution in [0.5, 0.6) is 5.75 Å². The minimum absolute atomic E-state index is 0. The molecule has 1 aromatic carbocycles. The molecule has 3 rings (SSSR count). The summed E-state index contributed by atoms with van der Waals surface area (Å²) in [7, 11) is 0. The van der Waals surface area contributed by atoms with E-state index >= 15 is 0 Å². The standard InChI is InChI=1S/C24H34FN5O2.HI/c1-5-26-24(28-12-17(2)32-22-9-7-21(25)8-10-22)29-14-20-6-11-23(27-13-20)30-15-18(3)31-19(4)16-30;/h6-11,13,17-19H,5,12,14-16H2,1-4H3,(H2,26,28,29);1H. The SMILES string of the molecule is CCNC(=NCc1ccc(N2CC(C)OC(C)C2)nc1)NCC(C)Oc1ccc(F)cc1.I. The first-order valence-electron chi connectivity index (χ1n) is 11.2. The topological polar surface area (TPSA) is 71.0 Å². The Balaban J connectivity index is 0.00000385. The van der Waals surface area contributed by atoms with Crippen LogP contribution in [0.2, 0.25) is 0 Å². The van der Waals surface area contributed by atoms with Crippen molar-refractivity contribution >= 4 is 35.8 Å². The molecule has 9 heteroatoms. The van der Waals surface area contributed by atoms with E-state index in [2.05, 4.69) is 51.5 Å². The van der Waals surface area contributed by atoms with Gasteiger partial charge in [0.15, 0.2) is 5.96 Å². The molecule has 0 spiro atoms. The van der Waals surface area contributed by atoms with Gasteiger partial charge in [-0.25, -0.2) is 14.4 Å². The van der Waals surface area contributed by atoms with Crippen molar-refractivity contribution in [2.24, 2.45) is 4.99 Å². The molecule has 182 valence electrons. The fourth-order valence-electron chi connectivity index (χ4n) is 3.60. The predicted molar refractivity (Wildman–Crippen MR) is 141 cm³/mol. The van der Waals surface area contributed by atoms with Gasteiger partial charge in [-0.3, -0.25) is 0 Å². The molecule has 7 nitrogen and oxygen atoms in total. The summed E-state index contributed by atoms with van der Waals surface area (Å²) in [5.41, 5.74) is 1.04. The number of hydrogen-bond acceptors (Lipinski definition) is 5. The maximum absolute atomic E-state index is 13.0. The zero-order valence-corrected chi connectivity index (χ0v) is 22.1. The summed E-state index contributed by atoms with van der Waals surface area (Å²) in [4.78, 5) is 11.6. The van der Waals surface area contributed by atoms with Crippen molar-refractivity contribution in [2.75, 3.05) is 31.1 Å². The molecule has 1 aromatic heterocycles. The zero-order valence-electron chi connectivity index (χ0n) is 19.8. The molecule has 2 aromatic rings. The Morgan fingerprint density at radius 3 is 2.48 bits per heavy atom. The molecule has 3 unspecified atom stereocenters.